The van der Waals surface area contributed by atoms with Crippen LogP contribution in [0.5, 0.6) is 10.9 Å². The first kappa shape index (κ1) is 20.8. The van der Waals surface area contributed by atoms with Crippen molar-refractivity contribution in [2.75, 3.05) is 20.1 Å². The van der Waals surface area contributed by atoms with Crippen LogP contribution in [0.1, 0.15) is 23.6 Å². The molecule has 0 aliphatic heterocycles. The van der Waals surface area contributed by atoms with Crippen molar-refractivity contribution in [2.45, 2.75) is 27.2 Å². The molecule has 0 N–H and O–H groups in total. The third kappa shape index (κ3) is 5.04. The van der Waals surface area contributed by atoms with Crippen LogP contribution in [-0.2, 0) is 6.42 Å². The number of rotatable bonds is 7. The number of aromatic nitrogens is 2. The van der Waals surface area contributed by atoms with Gasteiger partial charge in [0.25, 0.3) is 5.19 Å². The Hall–Kier alpha value is -1.47. The molecule has 2 heterocycles. The highest BCUT2D eigenvalue weighted by Gasteiger charge is 2.12. The van der Waals surface area contributed by atoms with Crippen molar-refractivity contribution in [1.29, 1.82) is 0 Å². The van der Waals surface area contributed by atoms with Gasteiger partial charge in [0, 0.05) is 18.1 Å². The molecule has 1 aromatic carbocycles. The molecule has 0 saturated heterocycles. The molecule has 4 nitrogen and oxygen atoms in total. The summed E-state index contributed by atoms with van der Waals surface area (Å²) >= 11 is 2.93. The zero-order chi connectivity index (χ0) is 17.8. The number of halogens is 1. The van der Waals surface area contributed by atoms with Gasteiger partial charge in [0.05, 0.1) is 4.88 Å². The predicted octanol–water partition coefficient (Wildman–Crippen LogP) is 5.59. The van der Waals surface area contributed by atoms with Crippen molar-refractivity contribution < 1.29 is 4.74 Å². The van der Waals surface area contributed by atoms with Crippen LogP contribution >= 0.6 is 35.3 Å². The van der Waals surface area contributed by atoms with Gasteiger partial charge in [-0.3, -0.25) is 0 Å². The van der Waals surface area contributed by atoms with E-state index in [9.17, 15) is 0 Å². The van der Waals surface area contributed by atoms with Crippen LogP contribution in [0.4, 0.5) is 0 Å². The third-order valence-corrected chi connectivity index (χ3v) is 5.74. The molecule has 0 fully saturated rings. The maximum absolute atomic E-state index is 6.01. The Kier molecular flexibility index (Phi) is 7.58. The van der Waals surface area contributed by atoms with Gasteiger partial charge in [-0.1, -0.05) is 19.1 Å². The third-order valence-electron chi connectivity index (χ3n) is 4.28. The van der Waals surface area contributed by atoms with Gasteiger partial charge in [-0.25, -0.2) is 0 Å². The number of nitrogens with zero attached hydrogens (tertiary/aromatic N) is 3. The molecule has 0 spiro atoms. The van der Waals surface area contributed by atoms with Gasteiger partial charge in [0.15, 0.2) is 5.82 Å². The van der Waals surface area contributed by atoms with Crippen LogP contribution in [0.2, 0.25) is 0 Å². The van der Waals surface area contributed by atoms with Crippen molar-refractivity contribution >= 4 is 35.3 Å². The lowest BCUT2D eigenvalue weighted by Crippen LogP contribution is -2.20. The Morgan fingerprint density at radius 1 is 1.19 bits per heavy atom. The Bertz CT molecular complexity index is 833. The molecular weight excluding hydrogens is 386 g/mol. The minimum Gasteiger partial charge on any atom is -0.430 e. The Morgan fingerprint density at radius 3 is 2.69 bits per heavy atom. The molecule has 140 valence electrons. The molecular formula is C19H24ClN3OS2. The van der Waals surface area contributed by atoms with E-state index in [1.165, 1.54) is 22.7 Å². The van der Waals surface area contributed by atoms with Gasteiger partial charge >= 0.3 is 0 Å². The fraction of sp³-hybridized carbons (Fsp3) is 0.368. The SMILES string of the molecule is CCN(C)CCc1cc(C)c(Oc2nc(-c3cccs3)ns2)cc1C.Cl. The van der Waals surface area contributed by atoms with Crippen LogP contribution < -0.4 is 4.74 Å². The molecule has 0 aliphatic rings. The van der Waals surface area contributed by atoms with Crippen LogP contribution in [-0.4, -0.2) is 34.4 Å². The highest BCUT2D eigenvalue weighted by atomic mass is 35.5. The highest BCUT2D eigenvalue weighted by Crippen LogP contribution is 2.32. The molecule has 3 rings (SSSR count). The number of hydrogen-bond acceptors (Lipinski definition) is 6. The quantitative estimate of drug-likeness (QED) is 0.509. The summed E-state index contributed by atoms with van der Waals surface area (Å²) in [7, 11) is 2.15. The zero-order valence-electron chi connectivity index (χ0n) is 15.5. The van der Waals surface area contributed by atoms with E-state index in [1.807, 2.05) is 17.5 Å². The molecule has 0 amide bonds. The van der Waals surface area contributed by atoms with Gasteiger partial charge in [-0.2, -0.15) is 9.36 Å². The summed E-state index contributed by atoms with van der Waals surface area (Å²) < 4.78 is 10.4. The van der Waals surface area contributed by atoms with E-state index in [0.29, 0.717) is 5.19 Å². The van der Waals surface area contributed by atoms with Crippen LogP contribution in [0.25, 0.3) is 10.7 Å². The monoisotopic (exact) mass is 409 g/mol. The highest BCUT2D eigenvalue weighted by molar-refractivity contribution is 7.13. The van der Waals surface area contributed by atoms with Gasteiger partial charge in [-0.15, -0.1) is 23.7 Å². The fourth-order valence-electron chi connectivity index (χ4n) is 2.55. The van der Waals surface area contributed by atoms with Crippen LogP contribution in [0.3, 0.4) is 0 Å². The van der Waals surface area contributed by atoms with Crippen LogP contribution in [0.15, 0.2) is 29.6 Å². The van der Waals surface area contributed by atoms with Gasteiger partial charge < -0.3 is 9.64 Å². The van der Waals surface area contributed by atoms with Gasteiger partial charge in [0.2, 0.25) is 0 Å². The van der Waals surface area contributed by atoms with Gasteiger partial charge in [-0.05, 0) is 68.1 Å². The lowest BCUT2D eigenvalue weighted by atomic mass is 10.0. The largest absolute Gasteiger partial charge is 0.430 e. The maximum Gasteiger partial charge on any atom is 0.299 e. The summed E-state index contributed by atoms with van der Waals surface area (Å²) in [5.74, 6) is 1.60. The predicted molar refractivity (Wildman–Crippen MR) is 113 cm³/mol. The molecule has 0 bridgehead atoms. The molecule has 0 radical (unpaired) electrons. The smallest absolute Gasteiger partial charge is 0.299 e. The average Bonchev–Trinajstić information content (AvgIpc) is 3.27. The zero-order valence-corrected chi connectivity index (χ0v) is 17.9. The molecule has 26 heavy (non-hydrogen) atoms. The van der Waals surface area contributed by atoms with Crippen molar-refractivity contribution in [3.63, 3.8) is 0 Å². The van der Waals surface area contributed by atoms with Crippen molar-refractivity contribution in [3.05, 3.63) is 46.3 Å². The molecule has 0 unspecified atom stereocenters. The molecule has 0 saturated carbocycles. The first-order valence-corrected chi connectivity index (χ1v) is 10.1. The second kappa shape index (κ2) is 9.46. The van der Waals surface area contributed by atoms with Crippen molar-refractivity contribution in [3.8, 4) is 21.6 Å². The fourth-order valence-corrected chi connectivity index (χ4v) is 3.82. The molecule has 2 aromatic heterocycles. The van der Waals surface area contributed by atoms with Crippen molar-refractivity contribution in [2.24, 2.45) is 0 Å². The number of hydrogen-bond donors (Lipinski definition) is 0. The maximum atomic E-state index is 6.01. The van der Waals surface area contributed by atoms with E-state index in [1.54, 1.807) is 11.3 Å². The lowest BCUT2D eigenvalue weighted by Gasteiger charge is -2.16. The van der Waals surface area contributed by atoms with E-state index < -0.39 is 0 Å². The van der Waals surface area contributed by atoms with E-state index in [4.69, 9.17) is 4.74 Å². The summed E-state index contributed by atoms with van der Waals surface area (Å²) in [4.78, 5) is 7.89. The van der Waals surface area contributed by atoms with Crippen molar-refractivity contribution in [1.82, 2.24) is 14.3 Å². The minimum absolute atomic E-state index is 0. The summed E-state index contributed by atoms with van der Waals surface area (Å²) in [5.41, 5.74) is 3.77. The number of benzene rings is 1. The summed E-state index contributed by atoms with van der Waals surface area (Å²) in [6, 6.07) is 8.37. The second-order valence-corrected chi connectivity index (χ2v) is 7.82. The summed E-state index contributed by atoms with van der Waals surface area (Å²) in [5, 5.41) is 2.61. The summed E-state index contributed by atoms with van der Waals surface area (Å²) in [6.45, 7) is 8.55. The van der Waals surface area contributed by atoms with E-state index >= 15 is 0 Å². The van der Waals surface area contributed by atoms with E-state index in [-0.39, 0.29) is 12.4 Å². The topological polar surface area (TPSA) is 38.2 Å². The normalized spacial score (nSPS) is 10.8. The first-order valence-electron chi connectivity index (χ1n) is 8.41. The molecule has 7 heteroatoms. The lowest BCUT2D eigenvalue weighted by molar-refractivity contribution is 0.357. The average molecular weight is 410 g/mol. The van der Waals surface area contributed by atoms with E-state index in [2.05, 4.69) is 54.2 Å². The Labute approximate surface area is 169 Å². The second-order valence-electron chi connectivity index (χ2n) is 6.15. The standard InChI is InChI=1S/C19H23N3OS2.ClH/c1-5-22(4)9-8-15-11-14(3)16(12-13(15)2)23-19-20-18(21-25-19)17-7-6-10-24-17;/h6-7,10-12H,5,8-9H2,1-4H3;1H. The summed E-state index contributed by atoms with van der Waals surface area (Å²) in [6.07, 6.45) is 1.05. The minimum atomic E-state index is 0. The first-order chi connectivity index (χ1) is 12.1. The van der Waals surface area contributed by atoms with E-state index in [0.717, 1.165) is 41.5 Å². The number of likely N-dealkylation sites (N-methyl/N-ethyl adjacent to an activating group) is 1. The molecule has 0 atom stereocenters. The molecule has 0 aliphatic carbocycles. The molecule has 3 aromatic rings. The Balaban J connectivity index is 0.00000243. The van der Waals surface area contributed by atoms with Gasteiger partial charge in [0.1, 0.15) is 5.75 Å². The number of aryl methyl sites for hydroxylation is 2. The number of thiophene rings is 1. The Morgan fingerprint density at radius 2 is 2.00 bits per heavy atom. The number of ether oxygens (including phenoxy) is 1. The van der Waals surface area contributed by atoms with Crippen LogP contribution in [0, 0.1) is 13.8 Å².